The van der Waals surface area contributed by atoms with Crippen LogP contribution in [0.3, 0.4) is 0 Å². The molecule has 3 heterocycles. The Morgan fingerprint density at radius 3 is 2.61 bits per heavy atom. The van der Waals surface area contributed by atoms with Crippen LogP contribution in [-0.4, -0.2) is 62.8 Å². The summed E-state index contributed by atoms with van der Waals surface area (Å²) in [7, 11) is 0. The molecule has 3 aromatic carbocycles. The van der Waals surface area contributed by atoms with Crippen molar-refractivity contribution in [1.82, 2.24) is 14.9 Å². The van der Waals surface area contributed by atoms with Crippen molar-refractivity contribution in [1.29, 1.82) is 0 Å². The van der Waals surface area contributed by atoms with Gasteiger partial charge in [-0.05, 0) is 54.8 Å². The molecule has 1 aromatic heterocycles. The van der Waals surface area contributed by atoms with Crippen LogP contribution in [0.1, 0.15) is 58.8 Å². The summed E-state index contributed by atoms with van der Waals surface area (Å²) in [6.07, 6.45) is 3.21. The molecule has 2 fully saturated rings. The number of anilines is 1. The molecular formula is C32H34N4O5. The molecule has 2 saturated heterocycles. The largest absolute Gasteiger partial charge is 0.395 e. The number of nitrogens with one attached hydrogen (secondary N) is 1. The first-order chi connectivity index (χ1) is 20.1. The van der Waals surface area contributed by atoms with Crippen LogP contribution in [0.4, 0.5) is 5.69 Å². The van der Waals surface area contributed by atoms with E-state index in [0.717, 1.165) is 41.6 Å². The van der Waals surface area contributed by atoms with Crippen molar-refractivity contribution < 1.29 is 24.5 Å². The molecule has 3 N–H and O–H groups in total. The summed E-state index contributed by atoms with van der Waals surface area (Å²) >= 11 is 0. The molecule has 41 heavy (non-hydrogen) atoms. The second-order valence-corrected chi connectivity index (χ2v) is 10.6. The monoisotopic (exact) mass is 554 g/mol. The number of hydrogen-bond acceptors (Lipinski definition) is 8. The van der Waals surface area contributed by atoms with E-state index in [0.29, 0.717) is 24.2 Å². The van der Waals surface area contributed by atoms with Crippen LogP contribution in [0.25, 0.3) is 11.0 Å². The van der Waals surface area contributed by atoms with Gasteiger partial charge in [-0.2, -0.15) is 0 Å². The van der Waals surface area contributed by atoms with Crippen molar-refractivity contribution in [2.45, 2.75) is 50.4 Å². The maximum absolute atomic E-state index is 13.0. The van der Waals surface area contributed by atoms with Crippen molar-refractivity contribution in [3.63, 3.8) is 0 Å². The number of aliphatic hydroxyl groups excluding tert-OH is 2. The number of benzene rings is 3. The lowest BCUT2D eigenvalue weighted by atomic mass is 9.99. The van der Waals surface area contributed by atoms with Crippen LogP contribution in [0.5, 0.6) is 0 Å². The van der Waals surface area contributed by atoms with Crippen molar-refractivity contribution in [3.8, 4) is 0 Å². The fraction of sp³-hybridized carbons (Fsp3) is 0.344. The summed E-state index contributed by atoms with van der Waals surface area (Å²) in [5.74, 6) is -0.352. The number of carbonyl (C=O) groups is 1. The van der Waals surface area contributed by atoms with Crippen molar-refractivity contribution >= 4 is 22.6 Å². The predicted molar refractivity (Wildman–Crippen MR) is 154 cm³/mol. The Bertz CT molecular complexity index is 1500. The number of nitrogens with zero attached hydrogens (tertiary/aromatic N) is 3. The van der Waals surface area contributed by atoms with Crippen LogP contribution in [0, 0.1) is 0 Å². The lowest BCUT2D eigenvalue weighted by Crippen LogP contribution is -2.42. The van der Waals surface area contributed by atoms with Crippen molar-refractivity contribution in [2.24, 2.45) is 0 Å². The van der Waals surface area contributed by atoms with E-state index in [9.17, 15) is 15.0 Å². The number of aliphatic hydroxyl groups is 2. The third kappa shape index (κ3) is 6.29. The van der Waals surface area contributed by atoms with Gasteiger partial charge in [-0.15, -0.1) is 0 Å². The highest BCUT2D eigenvalue weighted by atomic mass is 16.7. The second kappa shape index (κ2) is 12.4. The van der Waals surface area contributed by atoms with Crippen LogP contribution >= 0.6 is 0 Å². The number of likely N-dealkylation sites (tertiary alicyclic amines) is 1. The van der Waals surface area contributed by atoms with Gasteiger partial charge in [0.1, 0.15) is 5.69 Å². The van der Waals surface area contributed by atoms with E-state index in [-0.39, 0.29) is 43.1 Å². The molecule has 0 saturated carbocycles. The molecule has 9 heteroatoms. The smallest absolute Gasteiger partial charge is 0.275 e. The maximum Gasteiger partial charge on any atom is 0.275 e. The number of fused-ring (bicyclic) bond motifs is 1. The number of amides is 1. The van der Waals surface area contributed by atoms with Crippen LogP contribution in [-0.2, 0) is 16.1 Å². The van der Waals surface area contributed by atoms with Gasteiger partial charge in [-0.1, -0.05) is 48.5 Å². The normalized spacial score (nSPS) is 23.1. The van der Waals surface area contributed by atoms with E-state index in [2.05, 4.69) is 20.2 Å². The van der Waals surface area contributed by atoms with Crippen LogP contribution < -0.4 is 5.32 Å². The number of carbonyl (C=O) groups excluding carboxylic acids is 1. The fourth-order valence-electron chi connectivity index (χ4n) is 5.66. The summed E-state index contributed by atoms with van der Waals surface area (Å²) in [6, 6.07) is 22.8. The highest BCUT2D eigenvalue weighted by molar-refractivity contribution is 6.03. The first-order valence-corrected chi connectivity index (χ1v) is 14.1. The van der Waals surface area contributed by atoms with E-state index in [1.54, 1.807) is 0 Å². The van der Waals surface area contributed by atoms with Gasteiger partial charge in [0, 0.05) is 30.3 Å². The van der Waals surface area contributed by atoms with Crippen LogP contribution in [0.15, 0.2) is 79.0 Å². The molecule has 0 bridgehead atoms. The van der Waals surface area contributed by atoms with E-state index < -0.39 is 6.29 Å². The van der Waals surface area contributed by atoms with E-state index in [4.69, 9.17) is 9.47 Å². The van der Waals surface area contributed by atoms with Gasteiger partial charge in [0.2, 0.25) is 0 Å². The molecule has 2 aliphatic rings. The molecular weight excluding hydrogens is 520 g/mol. The number of rotatable bonds is 8. The number of hydrogen-bond donors (Lipinski definition) is 3. The molecule has 0 radical (unpaired) electrons. The molecule has 2 aliphatic heterocycles. The van der Waals surface area contributed by atoms with Crippen molar-refractivity contribution in [3.05, 3.63) is 101 Å². The summed E-state index contributed by atoms with van der Waals surface area (Å²) in [6.45, 7) is 1.77. The van der Waals surface area contributed by atoms with Gasteiger partial charge < -0.3 is 25.0 Å². The lowest BCUT2D eigenvalue weighted by molar-refractivity contribution is -0.253. The third-order valence-corrected chi connectivity index (χ3v) is 7.86. The molecule has 9 nitrogen and oxygen atoms in total. The summed E-state index contributed by atoms with van der Waals surface area (Å²) in [5, 5.41) is 22.2. The average Bonchev–Trinajstić information content (AvgIpc) is 3.47. The molecule has 4 aromatic rings. The zero-order valence-electron chi connectivity index (χ0n) is 22.7. The molecule has 4 unspecified atom stereocenters. The van der Waals surface area contributed by atoms with Gasteiger partial charge in [0.05, 0.1) is 42.7 Å². The SMILES string of the molecule is O=C(Nc1cccc(C2OC(CN3CCCC3CO)CC(c3ccc(CO)cc3)O2)c1)c1cnc2ccccc2n1. The predicted octanol–water partition coefficient (Wildman–Crippen LogP) is 4.38. The highest BCUT2D eigenvalue weighted by Gasteiger charge is 2.35. The Morgan fingerprint density at radius 1 is 0.976 bits per heavy atom. The van der Waals surface area contributed by atoms with E-state index in [1.165, 1.54) is 6.20 Å². The van der Waals surface area contributed by atoms with E-state index in [1.807, 2.05) is 72.8 Å². The zero-order chi connectivity index (χ0) is 28.2. The molecule has 4 atom stereocenters. The minimum absolute atomic E-state index is 0.0129. The minimum Gasteiger partial charge on any atom is -0.395 e. The summed E-state index contributed by atoms with van der Waals surface area (Å²) in [4.78, 5) is 24.1. The average molecular weight is 555 g/mol. The number of para-hydroxylation sites is 2. The first kappa shape index (κ1) is 27.4. The molecule has 6 rings (SSSR count). The van der Waals surface area contributed by atoms with Gasteiger partial charge in [0.15, 0.2) is 6.29 Å². The summed E-state index contributed by atoms with van der Waals surface area (Å²) < 4.78 is 13.0. The standard InChI is InChI=1S/C32H34N4O5/c37-19-21-10-12-22(13-11-21)30-16-26(18-36-14-4-7-25(36)20-38)40-32(41-30)23-5-3-6-24(15-23)34-31(39)29-17-33-27-8-1-2-9-28(27)35-29/h1-3,5-6,8-13,15,17,25-26,30,32,37-38H,4,7,14,16,18-20H2,(H,34,39). The first-order valence-electron chi connectivity index (χ1n) is 14.1. The lowest BCUT2D eigenvalue weighted by Gasteiger charge is -2.38. The molecule has 212 valence electrons. The third-order valence-electron chi connectivity index (χ3n) is 7.86. The Hall–Kier alpha value is -3.73. The van der Waals surface area contributed by atoms with Crippen molar-refractivity contribution in [2.75, 3.05) is 25.0 Å². The minimum atomic E-state index is -0.649. The fourth-order valence-corrected chi connectivity index (χ4v) is 5.66. The Labute approximate surface area is 238 Å². The Kier molecular flexibility index (Phi) is 8.31. The number of ether oxygens (including phenoxy) is 2. The quantitative estimate of drug-likeness (QED) is 0.294. The van der Waals surface area contributed by atoms with Crippen LogP contribution in [0.2, 0.25) is 0 Å². The molecule has 1 amide bonds. The molecule has 0 aliphatic carbocycles. The maximum atomic E-state index is 13.0. The summed E-state index contributed by atoms with van der Waals surface area (Å²) in [5.41, 5.74) is 4.86. The van der Waals surface area contributed by atoms with Gasteiger partial charge >= 0.3 is 0 Å². The Morgan fingerprint density at radius 2 is 1.80 bits per heavy atom. The second-order valence-electron chi connectivity index (χ2n) is 10.6. The van der Waals surface area contributed by atoms with Gasteiger partial charge in [-0.25, -0.2) is 4.98 Å². The van der Waals surface area contributed by atoms with E-state index >= 15 is 0 Å². The Balaban J connectivity index is 1.22. The topological polar surface area (TPSA) is 117 Å². The molecule has 0 spiro atoms. The highest BCUT2D eigenvalue weighted by Crippen LogP contribution is 2.39. The zero-order valence-corrected chi connectivity index (χ0v) is 22.7. The number of aromatic nitrogens is 2. The van der Waals surface area contributed by atoms with Gasteiger partial charge in [0.25, 0.3) is 5.91 Å². The van der Waals surface area contributed by atoms with Gasteiger partial charge in [-0.3, -0.25) is 14.7 Å².